The van der Waals surface area contributed by atoms with E-state index in [0.717, 1.165) is 5.56 Å². The lowest BCUT2D eigenvalue weighted by atomic mass is 10.1. The maximum absolute atomic E-state index is 12.0. The minimum absolute atomic E-state index is 0.00886. The minimum Gasteiger partial charge on any atom is -0.467 e. The number of rotatable bonds is 10. The van der Waals surface area contributed by atoms with Crippen LogP contribution in [0.3, 0.4) is 0 Å². The lowest BCUT2D eigenvalue weighted by Crippen LogP contribution is -2.41. The summed E-state index contributed by atoms with van der Waals surface area (Å²) in [7, 11) is 1.27. The van der Waals surface area contributed by atoms with Crippen molar-refractivity contribution in [2.45, 2.75) is 44.7 Å². The Hall–Kier alpha value is -2.63. The fourth-order valence-corrected chi connectivity index (χ4v) is 2.31. The van der Waals surface area contributed by atoms with Crippen molar-refractivity contribution in [2.75, 3.05) is 7.11 Å². The van der Waals surface area contributed by atoms with Crippen molar-refractivity contribution >= 4 is 17.8 Å². The second-order valence-corrected chi connectivity index (χ2v) is 5.71. The Morgan fingerprint density at radius 3 is 2.28 bits per heavy atom. The molecular weight excluding hydrogens is 320 g/mol. The van der Waals surface area contributed by atoms with Gasteiger partial charge in [-0.15, -0.1) is 6.58 Å². The van der Waals surface area contributed by atoms with E-state index in [1.807, 2.05) is 37.3 Å². The van der Waals surface area contributed by atoms with Gasteiger partial charge in [0, 0.05) is 12.8 Å². The summed E-state index contributed by atoms with van der Waals surface area (Å²) in [5.74, 6) is -1.08. The largest absolute Gasteiger partial charge is 0.467 e. The predicted molar refractivity (Wildman–Crippen MR) is 95.6 cm³/mol. The van der Waals surface area contributed by atoms with Gasteiger partial charge < -0.3 is 15.4 Å². The number of hydrogen-bond acceptors (Lipinski definition) is 4. The summed E-state index contributed by atoms with van der Waals surface area (Å²) in [6, 6.07) is 8.72. The number of nitrogens with one attached hydrogen (secondary N) is 2. The number of ether oxygens (including phenoxy) is 1. The van der Waals surface area contributed by atoms with Crippen LogP contribution in [0, 0.1) is 0 Å². The molecule has 0 fully saturated rings. The summed E-state index contributed by atoms with van der Waals surface area (Å²) in [5.41, 5.74) is 0.996. The van der Waals surface area contributed by atoms with Gasteiger partial charge in [0.1, 0.15) is 6.04 Å². The maximum atomic E-state index is 12.0. The van der Waals surface area contributed by atoms with Crippen LogP contribution < -0.4 is 10.6 Å². The molecule has 6 heteroatoms. The number of amides is 2. The number of carbonyl (C=O) groups excluding carboxylic acids is 3. The van der Waals surface area contributed by atoms with Crippen molar-refractivity contribution in [3.8, 4) is 0 Å². The first-order chi connectivity index (χ1) is 12.0. The van der Waals surface area contributed by atoms with Crippen molar-refractivity contribution in [3.63, 3.8) is 0 Å². The Balaban J connectivity index is 2.42. The molecule has 1 aromatic rings. The maximum Gasteiger partial charge on any atom is 0.328 e. The van der Waals surface area contributed by atoms with Gasteiger partial charge in [0.25, 0.3) is 0 Å². The molecule has 25 heavy (non-hydrogen) atoms. The summed E-state index contributed by atoms with van der Waals surface area (Å²) in [5, 5.41) is 5.45. The quantitative estimate of drug-likeness (QED) is 0.503. The van der Waals surface area contributed by atoms with Crippen LogP contribution in [0.4, 0.5) is 0 Å². The van der Waals surface area contributed by atoms with E-state index < -0.39 is 12.0 Å². The van der Waals surface area contributed by atoms with Crippen molar-refractivity contribution in [1.29, 1.82) is 0 Å². The molecule has 6 nitrogen and oxygen atoms in total. The van der Waals surface area contributed by atoms with Gasteiger partial charge >= 0.3 is 5.97 Å². The van der Waals surface area contributed by atoms with Crippen LogP contribution in [-0.4, -0.2) is 30.9 Å². The third kappa shape index (κ3) is 7.65. The van der Waals surface area contributed by atoms with Gasteiger partial charge in [0.05, 0.1) is 13.2 Å². The molecule has 0 saturated carbocycles. The zero-order valence-corrected chi connectivity index (χ0v) is 14.8. The molecule has 0 unspecified atom stereocenters. The lowest BCUT2D eigenvalue weighted by Gasteiger charge is -2.16. The second-order valence-electron chi connectivity index (χ2n) is 5.71. The topological polar surface area (TPSA) is 84.5 Å². The van der Waals surface area contributed by atoms with Crippen LogP contribution in [0.5, 0.6) is 0 Å². The number of methoxy groups -OCH3 is 1. The first-order valence-corrected chi connectivity index (χ1v) is 8.30. The fraction of sp³-hybridized carbons (Fsp3) is 0.421. The molecule has 2 N–H and O–H groups in total. The third-order valence-electron chi connectivity index (χ3n) is 3.74. The number of benzene rings is 1. The highest BCUT2D eigenvalue weighted by Crippen LogP contribution is 2.11. The van der Waals surface area contributed by atoms with Crippen LogP contribution in [0.1, 0.15) is 44.2 Å². The summed E-state index contributed by atoms with van der Waals surface area (Å²) in [6.07, 6.45) is 2.72. The van der Waals surface area contributed by atoms with E-state index in [1.165, 1.54) is 7.11 Å². The lowest BCUT2D eigenvalue weighted by molar-refractivity contribution is -0.145. The smallest absolute Gasteiger partial charge is 0.328 e. The number of hydrogen-bond donors (Lipinski definition) is 2. The molecule has 1 rings (SSSR count). The molecule has 0 radical (unpaired) electrons. The van der Waals surface area contributed by atoms with E-state index in [2.05, 4.69) is 21.9 Å². The van der Waals surface area contributed by atoms with E-state index >= 15 is 0 Å². The SMILES string of the molecule is C=CCC[C@@H](NC(=O)CCC(=O)N[C@H](C)c1ccccc1)C(=O)OC. The minimum atomic E-state index is -0.721. The van der Waals surface area contributed by atoms with Crippen LogP contribution >= 0.6 is 0 Å². The van der Waals surface area contributed by atoms with Gasteiger partial charge in [-0.1, -0.05) is 36.4 Å². The summed E-state index contributed by atoms with van der Waals surface area (Å²) >= 11 is 0. The average molecular weight is 346 g/mol. The normalized spacial score (nSPS) is 12.6. The summed E-state index contributed by atoms with van der Waals surface area (Å²) in [4.78, 5) is 35.6. The number of esters is 1. The average Bonchev–Trinajstić information content (AvgIpc) is 2.63. The monoisotopic (exact) mass is 346 g/mol. The molecule has 0 aliphatic heterocycles. The molecule has 0 aliphatic carbocycles. The summed E-state index contributed by atoms with van der Waals surface area (Å²) < 4.78 is 4.67. The first kappa shape index (κ1) is 20.4. The first-order valence-electron chi connectivity index (χ1n) is 8.30. The Morgan fingerprint density at radius 1 is 1.12 bits per heavy atom. The van der Waals surface area contributed by atoms with Gasteiger partial charge in [-0.05, 0) is 25.3 Å². The Kier molecular flexibility index (Phi) is 9.00. The second kappa shape index (κ2) is 11.0. The molecule has 2 amide bonds. The highest BCUT2D eigenvalue weighted by atomic mass is 16.5. The van der Waals surface area contributed by atoms with Crippen molar-refractivity contribution < 1.29 is 19.1 Å². The molecule has 0 aromatic heterocycles. The highest BCUT2D eigenvalue weighted by Gasteiger charge is 2.21. The van der Waals surface area contributed by atoms with Crippen LogP contribution in [0.15, 0.2) is 43.0 Å². The third-order valence-corrected chi connectivity index (χ3v) is 3.74. The zero-order valence-electron chi connectivity index (χ0n) is 14.8. The van der Waals surface area contributed by atoms with Crippen molar-refractivity contribution in [3.05, 3.63) is 48.6 Å². The van der Waals surface area contributed by atoms with Gasteiger partial charge in [-0.25, -0.2) is 4.79 Å². The summed E-state index contributed by atoms with van der Waals surface area (Å²) in [6.45, 7) is 5.48. The van der Waals surface area contributed by atoms with E-state index in [0.29, 0.717) is 12.8 Å². The molecule has 0 heterocycles. The van der Waals surface area contributed by atoms with Crippen LogP contribution in [0.2, 0.25) is 0 Å². The molecular formula is C19H26N2O4. The van der Waals surface area contributed by atoms with Crippen molar-refractivity contribution in [1.82, 2.24) is 10.6 Å². The highest BCUT2D eigenvalue weighted by molar-refractivity contribution is 5.87. The van der Waals surface area contributed by atoms with Gasteiger partial charge in [-0.3, -0.25) is 9.59 Å². The molecule has 1 aromatic carbocycles. The van der Waals surface area contributed by atoms with E-state index in [-0.39, 0.29) is 30.7 Å². The Labute approximate surface area is 148 Å². The van der Waals surface area contributed by atoms with Crippen LogP contribution in [0.25, 0.3) is 0 Å². The number of allylic oxidation sites excluding steroid dienone is 1. The number of carbonyl (C=O) groups is 3. The van der Waals surface area contributed by atoms with E-state index in [9.17, 15) is 14.4 Å². The molecule has 0 aliphatic rings. The molecule has 2 atom stereocenters. The molecule has 0 saturated heterocycles. The van der Waals surface area contributed by atoms with E-state index in [4.69, 9.17) is 0 Å². The molecule has 0 bridgehead atoms. The molecule has 136 valence electrons. The molecule has 0 spiro atoms. The Morgan fingerprint density at radius 2 is 1.72 bits per heavy atom. The standard InChI is InChI=1S/C19H26N2O4/c1-4-5-11-16(19(24)25-3)21-18(23)13-12-17(22)20-14(2)15-9-7-6-8-10-15/h4,6-10,14,16H,1,5,11-13H2,2-3H3,(H,20,22)(H,21,23)/t14-,16-/m1/s1. The fourth-order valence-electron chi connectivity index (χ4n) is 2.31. The Bertz CT molecular complexity index is 586. The van der Waals surface area contributed by atoms with Gasteiger partial charge in [0.15, 0.2) is 0 Å². The van der Waals surface area contributed by atoms with E-state index in [1.54, 1.807) is 6.08 Å². The zero-order chi connectivity index (χ0) is 18.7. The van der Waals surface area contributed by atoms with Crippen LogP contribution in [-0.2, 0) is 19.1 Å². The van der Waals surface area contributed by atoms with Gasteiger partial charge in [0.2, 0.25) is 11.8 Å². The van der Waals surface area contributed by atoms with Crippen molar-refractivity contribution in [2.24, 2.45) is 0 Å². The van der Waals surface area contributed by atoms with Gasteiger partial charge in [-0.2, -0.15) is 0 Å². The predicted octanol–water partition coefficient (Wildman–Crippen LogP) is 2.27.